The van der Waals surface area contributed by atoms with Gasteiger partial charge in [0.05, 0.1) is 18.8 Å². The van der Waals surface area contributed by atoms with Gasteiger partial charge in [0, 0.05) is 17.9 Å². The molecule has 0 spiro atoms. The summed E-state index contributed by atoms with van der Waals surface area (Å²) in [7, 11) is 1.73. The van der Waals surface area contributed by atoms with Gasteiger partial charge >= 0.3 is 0 Å². The van der Waals surface area contributed by atoms with Crippen molar-refractivity contribution in [3.63, 3.8) is 0 Å². The van der Waals surface area contributed by atoms with Crippen molar-refractivity contribution in [3.8, 4) is 0 Å². The summed E-state index contributed by atoms with van der Waals surface area (Å²) < 4.78 is 5.66. The number of azide groups is 1. The highest BCUT2D eigenvalue weighted by atomic mass is 16.5. The second-order valence-corrected chi connectivity index (χ2v) is 10.5. The number of rotatable bonds is 4. The van der Waals surface area contributed by atoms with Gasteiger partial charge in [0.2, 0.25) is 0 Å². The molecule has 0 heterocycles. The number of methoxy groups -OCH3 is 1. The molecule has 0 aromatic rings. The lowest BCUT2D eigenvalue weighted by Gasteiger charge is -2.61. The summed E-state index contributed by atoms with van der Waals surface area (Å²) in [4.78, 5) is 15.5. The molecule has 0 aromatic heterocycles. The number of carbonyl (C=O) groups is 1. The van der Waals surface area contributed by atoms with Crippen LogP contribution in [-0.4, -0.2) is 36.8 Å². The standard InChI is InChI=1S/C22H35N3O3/c1-21-9-8-16-14(15(21)6-7-17(21)19(27)12-24-25-23)5-4-13-10-18(26)20(28-3)11-22(13,16)2/h13-18,20,26H,4-12H2,1-3H3/t13-,14-,15-,16-,17+,18-,20-,21-,22-/m0/s1. The van der Waals surface area contributed by atoms with Gasteiger partial charge in [-0.25, -0.2) is 0 Å². The van der Waals surface area contributed by atoms with Crippen molar-refractivity contribution in [2.24, 2.45) is 45.5 Å². The van der Waals surface area contributed by atoms with Gasteiger partial charge in [-0.05, 0) is 91.4 Å². The van der Waals surface area contributed by atoms with Crippen LogP contribution in [0.25, 0.3) is 10.4 Å². The van der Waals surface area contributed by atoms with Crippen LogP contribution in [0.1, 0.15) is 65.2 Å². The van der Waals surface area contributed by atoms with Gasteiger partial charge in [0.15, 0.2) is 0 Å². The Bertz CT molecular complexity index is 678. The molecule has 6 heteroatoms. The third-order valence-corrected chi connectivity index (χ3v) is 9.64. The maximum Gasteiger partial charge on any atom is 0.142 e. The SMILES string of the molecule is CO[C@H]1C[C@@]2(C)[C@@H](CC[C@@H]3[C@@H]2CC[C@]2(C)[C@@H](C(=O)CN=[N+]=[N-])CC[C@@H]32)C[C@@H]1O. The lowest BCUT2D eigenvalue weighted by atomic mass is 9.44. The summed E-state index contributed by atoms with van der Waals surface area (Å²) in [5.41, 5.74) is 8.88. The first-order valence-corrected chi connectivity index (χ1v) is 11.1. The molecule has 4 aliphatic carbocycles. The number of aliphatic hydroxyl groups is 1. The fourth-order valence-electron chi connectivity index (χ4n) is 8.23. The fraction of sp³-hybridized carbons (Fsp3) is 0.955. The summed E-state index contributed by atoms with van der Waals surface area (Å²) in [5, 5.41) is 14.0. The zero-order valence-corrected chi connectivity index (χ0v) is 17.5. The predicted molar refractivity (Wildman–Crippen MR) is 106 cm³/mol. The summed E-state index contributed by atoms with van der Waals surface area (Å²) in [6, 6.07) is 0. The molecule has 156 valence electrons. The molecule has 6 nitrogen and oxygen atoms in total. The van der Waals surface area contributed by atoms with E-state index < -0.39 is 0 Å². The largest absolute Gasteiger partial charge is 0.390 e. The van der Waals surface area contributed by atoms with Crippen LogP contribution in [0, 0.1) is 40.4 Å². The van der Waals surface area contributed by atoms with E-state index in [1.807, 2.05) is 0 Å². The van der Waals surface area contributed by atoms with Gasteiger partial charge < -0.3 is 9.84 Å². The van der Waals surface area contributed by atoms with E-state index in [0.717, 1.165) is 32.1 Å². The van der Waals surface area contributed by atoms with Crippen LogP contribution in [0.5, 0.6) is 0 Å². The minimum Gasteiger partial charge on any atom is -0.390 e. The van der Waals surface area contributed by atoms with E-state index in [-0.39, 0.29) is 41.3 Å². The van der Waals surface area contributed by atoms with Crippen molar-refractivity contribution in [2.75, 3.05) is 13.7 Å². The minimum atomic E-state index is -0.331. The number of ether oxygens (including phenoxy) is 1. The van der Waals surface area contributed by atoms with Crippen molar-refractivity contribution in [2.45, 2.75) is 77.4 Å². The van der Waals surface area contributed by atoms with Gasteiger partial charge in [0.1, 0.15) is 5.78 Å². The third kappa shape index (κ3) is 2.91. The van der Waals surface area contributed by atoms with Crippen LogP contribution in [0.15, 0.2) is 5.11 Å². The van der Waals surface area contributed by atoms with Crippen molar-refractivity contribution < 1.29 is 14.6 Å². The van der Waals surface area contributed by atoms with Crippen LogP contribution >= 0.6 is 0 Å². The average Bonchev–Trinajstić information content (AvgIpc) is 3.03. The lowest BCUT2D eigenvalue weighted by Crippen LogP contribution is -2.57. The number of aliphatic hydroxyl groups excluding tert-OH is 1. The number of Topliss-reactive ketones (excluding diaryl/α,β-unsaturated/α-hetero) is 1. The molecule has 0 unspecified atom stereocenters. The van der Waals surface area contributed by atoms with E-state index in [1.165, 1.54) is 19.3 Å². The van der Waals surface area contributed by atoms with Crippen molar-refractivity contribution >= 4 is 5.78 Å². The quantitative estimate of drug-likeness (QED) is 0.435. The predicted octanol–water partition coefficient (Wildman–Crippen LogP) is 4.51. The van der Waals surface area contributed by atoms with Gasteiger partial charge in [-0.2, -0.15) is 0 Å². The van der Waals surface area contributed by atoms with E-state index in [1.54, 1.807) is 7.11 Å². The van der Waals surface area contributed by atoms with Crippen LogP contribution in [-0.2, 0) is 9.53 Å². The van der Waals surface area contributed by atoms with Crippen LogP contribution in [0.2, 0.25) is 0 Å². The van der Waals surface area contributed by atoms with Crippen molar-refractivity contribution in [1.82, 2.24) is 0 Å². The second kappa shape index (κ2) is 7.30. The number of nitrogens with zero attached hydrogens (tertiary/aromatic N) is 3. The first-order chi connectivity index (χ1) is 13.3. The monoisotopic (exact) mass is 389 g/mol. The molecule has 4 aliphatic rings. The fourth-order valence-corrected chi connectivity index (χ4v) is 8.23. The van der Waals surface area contributed by atoms with Gasteiger partial charge in [-0.1, -0.05) is 19.0 Å². The van der Waals surface area contributed by atoms with Crippen molar-refractivity contribution in [1.29, 1.82) is 0 Å². The Balaban J connectivity index is 1.57. The van der Waals surface area contributed by atoms with E-state index in [2.05, 4.69) is 23.9 Å². The van der Waals surface area contributed by atoms with Crippen LogP contribution in [0.4, 0.5) is 0 Å². The van der Waals surface area contributed by atoms with Crippen molar-refractivity contribution in [3.05, 3.63) is 10.4 Å². The molecule has 0 aliphatic heterocycles. The third-order valence-electron chi connectivity index (χ3n) is 9.64. The number of fused-ring (bicyclic) bond motifs is 5. The number of ketones is 1. The van der Waals surface area contributed by atoms with E-state index in [4.69, 9.17) is 10.3 Å². The molecule has 4 saturated carbocycles. The van der Waals surface area contributed by atoms with E-state index in [9.17, 15) is 9.90 Å². The zero-order chi connectivity index (χ0) is 20.1. The summed E-state index contributed by atoms with van der Waals surface area (Å²) >= 11 is 0. The molecule has 1 N–H and O–H groups in total. The molecule has 0 saturated heterocycles. The molecular formula is C22H35N3O3. The highest BCUT2D eigenvalue weighted by Gasteiger charge is 2.61. The Morgan fingerprint density at radius 2 is 1.93 bits per heavy atom. The highest BCUT2D eigenvalue weighted by molar-refractivity contribution is 5.84. The lowest BCUT2D eigenvalue weighted by molar-refractivity contribution is -0.167. The molecule has 0 amide bonds. The summed E-state index contributed by atoms with van der Waals surface area (Å²) in [6.07, 6.45) is 8.20. The van der Waals surface area contributed by atoms with E-state index in [0.29, 0.717) is 23.7 Å². The Morgan fingerprint density at radius 1 is 1.18 bits per heavy atom. The van der Waals surface area contributed by atoms with Crippen LogP contribution < -0.4 is 0 Å². The number of hydrogen-bond donors (Lipinski definition) is 1. The Kier molecular flexibility index (Phi) is 5.26. The molecule has 4 fully saturated rings. The second-order valence-electron chi connectivity index (χ2n) is 10.5. The maximum atomic E-state index is 12.7. The highest BCUT2D eigenvalue weighted by Crippen LogP contribution is 2.67. The Morgan fingerprint density at radius 3 is 2.64 bits per heavy atom. The molecule has 9 atom stereocenters. The zero-order valence-electron chi connectivity index (χ0n) is 17.5. The molecule has 28 heavy (non-hydrogen) atoms. The maximum absolute atomic E-state index is 12.7. The topological polar surface area (TPSA) is 95.3 Å². The molecule has 0 aromatic carbocycles. The average molecular weight is 390 g/mol. The van der Waals surface area contributed by atoms with Gasteiger partial charge in [0.25, 0.3) is 0 Å². The first kappa shape index (κ1) is 20.2. The van der Waals surface area contributed by atoms with E-state index >= 15 is 0 Å². The van der Waals surface area contributed by atoms with Gasteiger partial charge in [-0.3, -0.25) is 4.79 Å². The Labute approximate surface area is 168 Å². The molecular weight excluding hydrogens is 354 g/mol. The van der Waals surface area contributed by atoms with Gasteiger partial charge in [-0.15, -0.1) is 0 Å². The first-order valence-electron chi connectivity index (χ1n) is 11.1. The summed E-state index contributed by atoms with van der Waals surface area (Å²) in [6.45, 7) is 4.79. The number of carbonyl (C=O) groups excluding carboxylic acids is 1. The van der Waals surface area contributed by atoms with Crippen LogP contribution in [0.3, 0.4) is 0 Å². The molecule has 4 rings (SSSR count). The normalized spacial score (nSPS) is 50.1. The Hall–Kier alpha value is -1.10. The smallest absolute Gasteiger partial charge is 0.142 e. The minimum absolute atomic E-state index is 0.00473. The molecule has 0 radical (unpaired) electrons. The molecule has 0 bridgehead atoms. The summed E-state index contributed by atoms with van der Waals surface area (Å²) in [5.74, 6) is 2.71. The number of hydrogen-bond acceptors (Lipinski definition) is 4.